The van der Waals surface area contributed by atoms with Crippen LogP contribution in [0.3, 0.4) is 0 Å². The van der Waals surface area contributed by atoms with Crippen molar-refractivity contribution in [1.29, 1.82) is 0 Å². The van der Waals surface area contributed by atoms with Gasteiger partial charge in [0.05, 0.1) is 21.6 Å². The molecule has 0 amide bonds. The Kier molecular flexibility index (Phi) is 6.11. The minimum Gasteiger partial charge on any atom is -0.360 e. The smallest absolute Gasteiger partial charge is 0.360 e. The number of hydrogen-bond donors (Lipinski definition) is 1. The highest BCUT2D eigenvalue weighted by atomic mass is 32.1. The van der Waals surface area contributed by atoms with Gasteiger partial charge in [-0.3, -0.25) is 14.3 Å². The molecular weight excluding hydrogens is 523 g/mol. The van der Waals surface area contributed by atoms with E-state index in [9.17, 15) is 18.0 Å². The number of anilines is 1. The van der Waals surface area contributed by atoms with Gasteiger partial charge in [-0.1, -0.05) is 42.5 Å². The van der Waals surface area contributed by atoms with Crippen LogP contribution < -0.4 is 10.9 Å². The summed E-state index contributed by atoms with van der Waals surface area (Å²) in [7, 11) is 0. The van der Waals surface area contributed by atoms with Crippen LogP contribution >= 0.6 is 11.3 Å². The average Bonchev–Trinajstić information content (AvgIpc) is 3.43. The Morgan fingerprint density at radius 1 is 0.949 bits per heavy atom. The summed E-state index contributed by atoms with van der Waals surface area (Å²) < 4.78 is 41.9. The summed E-state index contributed by atoms with van der Waals surface area (Å²) in [6.07, 6.45) is -1.68. The number of nitrogens with one attached hydrogen (secondary N) is 1. The van der Waals surface area contributed by atoms with Crippen molar-refractivity contribution in [1.82, 2.24) is 19.5 Å². The van der Waals surface area contributed by atoms with Gasteiger partial charge in [0.25, 0.3) is 5.56 Å². The molecule has 0 spiro atoms. The highest BCUT2D eigenvalue weighted by molar-refractivity contribution is 7.16. The number of nitrogens with zero attached hydrogens (tertiary/aromatic N) is 4. The maximum absolute atomic E-state index is 14.2. The van der Waals surface area contributed by atoms with Crippen molar-refractivity contribution in [2.75, 3.05) is 5.32 Å². The van der Waals surface area contributed by atoms with Gasteiger partial charge in [-0.25, -0.2) is 9.97 Å². The van der Waals surface area contributed by atoms with E-state index in [1.807, 2.05) is 55.5 Å². The fourth-order valence-electron chi connectivity index (χ4n) is 4.68. The summed E-state index contributed by atoms with van der Waals surface area (Å²) in [5, 5.41) is 4.46. The Hall–Kier alpha value is -4.57. The van der Waals surface area contributed by atoms with Gasteiger partial charge in [0.15, 0.2) is 5.82 Å². The van der Waals surface area contributed by atoms with Crippen molar-refractivity contribution in [2.45, 2.75) is 19.1 Å². The monoisotopic (exact) mass is 543 g/mol. The molecule has 0 saturated carbocycles. The summed E-state index contributed by atoms with van der Waals surface area (Å²) in [6.45, 7) is 1.94. The van der Waals surface area contributed by atoms with E-state index >= 15 is 0 Å². The molecule has 6 aromatic rings. The average molecular weight is 544 g/mol. The first-order valence-electron chi connectivity index (χ1n) is 12.0. The largest absolute Gasteiger partial charge is 0.433 e. The van der Waals surface area contributed by atoms with Crippen LogP contribution in [-0.4, -0.2) is 19.5 Å². The first kappa shape index (κ1) is 24.7. The number of pyridine rings is 3. The number of hydrogen-bond acceptors (Lipinski definition) is 6. The number of alkyl halides is 3. The molecule has 1 N–H and O–H groups in total. The van der Waals surface area contributed by atoms with Crippen LogP contribution in [0.25, 0.3) is 37.8 Å². The number of halogens is 3. The van der Waals surface area contributed by atoms with Gasteiger partial charge in [0.1, 0.15) is 11.2 Å². The third-order valence-corrected chi connectivity index (χ3v) is 7.29. The highest BCUT2D eigenvalue weighted by Gasteiger charge is 2.32. The minimum absolute atomic E-state index is 0.294. The van der Waals surface area contributed by atoms with Gasteiger partial charge >= 0.3 is 6.18 Å². The number of fused-ring (bicyclic) bond motifs is 2. The van der Waals surface area contributed by atoms with Crippen molar-refractivity contribution in [3.05, 3.63) is 112 Å². The summed E-state index contributed by atoms with van der Waals surface area (Å²) in [5.74, 6) is 0.609. The van der Waals surface area contributed by atoms with Crippen molar-refractivity contribution in [3.63, 3.8) is 0 Å². The second kappa shape index (κ2) is 9.63. The molecule has 1 atom stereocenters. The molecule has 0 bridgehead atoms. The Morgan fingerprint density at radius 2 is 1.77 bits per heavy atom. The zero-order chi connectivity index (χ0) is 27.1. The maximum atomic E-state index is 14.2. The van der Waals surface area contributed by atoms with Gasteiger partial charge < -0.3 is 5.32 Å². The lowest BCUT2D eigenvalue weighted by Gasteiger charge is -2.22. The molecule has 4 aromatic heterocycles. The van der Waals surface area contributed by atoms with Crippen LogP contribution in [0, 0.1) is 0 Å². The molecule has 0 aliphatic rings. The van der Waals surface area contributed by atoms with Crippen LogP contribution in [0.15, 0.2) is 95.5 Å². The highest BCUT2D eigenvalue weighted by Crippen LogP contribution is 2.33. The topological polar surface area (TPSA) is 72.7 Å². The maximum Gasteiger partial charge on any atom is 0.433 e. The molecule has 4 heterocycles. The minimum atomic E-state index is -4.55. The first-order valence-corrected chi connectivity index (χ1v) is 12.9. The number of thiazole rings is 1. The molecule has 6 rings (SSSR count). The van der Waals surface area contributed by atoms with E-state index < -0.39 is 11.9 Å². The molecule has 6 nitrogen and oxygen atoms in total. The van der Waals surface area contributed by atoms with Crippen molar-refractivity contribution in [2.24, 2.45) is 0 Å². The molecule has 0 fully saturated rings. The molecule has 39 heavy (non-hydrogen) atoms. The zero-order valence-corrected chi connectivity index (χ0v) is 21.3. The molecule has 0 unspecified atom stereocenters. The number of rotatable bonds is 5. The fraction of sp³-hybridized carbons (Fsp3) is 0.103. The predicted octanol–water partition coefficient (Wildman–Crippen LogP) is 7.25. The van der Waals surface area contributed by atoms with E-state index in [0.29, 0.717) is 39.1 Å². The van der Waals surface area contributed by atoms with Crippen LogP contribution in [0.1, 0.15) is 24.4 Å². The van der Waals surface area contributed by atoms with E-state index in [1.165, 1.54) is 17.4 Å². The van der Waals surface area contributed by atoms with Gasteiger partial charge in [0.2, 0.25) is 0 Å². The van der Waals surface area contributed by atoms with Crippen molar-refractivity contribution in [3.8, 4) is 16.8 Å². The van der Waals surface area contributed by atoms with E-state index in [4.69, 9.17) is 0 Å². The lowest BCUT2D eigenvalue weighted by molar-refractivity contribution is -0.141. The van der Waals surface area contributed by atoms with Crippen LogP contribution in [0.2, 0.25) is 0 Å². The predicted molar refractivity (Wildman–Crippen MR) is 147 cm³/mol. The Bertz CT molecular complexity index is 1870. The Balaban J connectivity index is 1.54. The molecule has 0 saturated heterocycles. The summed E-state index contributed by atoms with van der Waals surface area (Å²) >= 11 is 1.52. The Labute approximate surface area is 224 Å². The van der Waals surface area contributed by atoms with E-state index in [0.717, 1.165) is 22.5 Å². The third-order valence-electron chi connectivity index (χ3n) is 6.50. The quantitative estimate of drug-likeness (QED) is 0.248. The molecule has 0 aliphatic carbocycles. The number of para-hydroxylation sites is 1. The molecule has 194 valence electrons. The SMILES string of the molecule is C[C@H](Nc1nccc2scnc12)c1cc2cccc(-c3ccc(C(F)(F)F)nc3)c2c(=O)n1-c1ccccc1. The molecular formula is C29H20F3N5OS. The summed E-state index contributed by atoms with van der Waals surface area (Å²) in [4.78, 5) is 26.7. The summed E-state index contributed by atoms with van der Waals surface area (Å²) in [5.41, 5.74) is 3.50. The van der Waals surface area contributed by atoms with E-state index in [-0.39, 0.29) is 11.6 Å². The van der Waals surface area contributed by atoms with E-state index in [1.54, 1.807) is 28.4 Å². The second-order valence-electron chi connectivity index (χ2n) is 8.97. The van der Waals surface area contributed by atoms with E-state index in [2.05, 4.69) is 20.3 Å². The van der Waals surface area contributed by atoms with Crippen molar-refractivity contribution >= 4 is 38.1 Å². The molecule has 0 radical (unpaired) electrons. The van der Waals surface area contributed by atoms with Gasteiger partial charge in [-0.05, 0) is 48.2 Å². The second-order valence-corrected chi connectivity index (χ2v) is 9.86. The van der Waals surface area contributed by atoms with Gasteiger partial charge in [-0.2, -0.15) is 13.2 Å². The van der Waals surface area contributed by atoms with Gasteiger partial charge in [0, 0.05) is 29.3 Å². The summed E-state index contributed by atoms with van der Waals surface area (Å²) in [6, 6.07) is 20.3. The lowest BCUT2D eigenvalue weighted by atomic mass is 9.98. The fourth-order valence-corrected chi connectivity index (χ4v) is 5.35. The Morgan fingerprint density at radius 3 is 2.51 bits per heavy atom. The van der Waals surface area contributed by atoms with Gasteiger partial charge in [-0.15, -0.1) is 11.3 Å². The van der Waals surface area contributed by atoms with Crippen LogP contribution in [-0.2, 0) is 6.18 Å². The first-order chi connectivity index (χ1) is 18.8. The standard InChI is InChI=1S/C29H20F3N5OS/c1-17(36-27-26-23(12-13-33-27)39-16-35-26)22-14-18-6-5-9-21(19-10-11-24(34-15-19)29(30,31)32)25(18)28(38)37(22)20-7-3-2-4-8-20/h2-17H,1H3,(H,33,36)/t17-/m0/s1. The normalized spacial score (nSPS) is 12.6. The number of benzene rings is 2. The zero-order valence-electron chi connectivity index (χ0n) is 20.5. The molecule has 0 aliphatic heterocycles. The number of aromatic nitrogens is 4. The molecule has 10 heteroatoms. The third kappa shape index (κ3) is 4.52. The van der Waals surface area contributed by atoms with Crippen LogP contribution in [0.4, 0.5) is 19.0 Å². The molecule has 2 aromatic carbocycles. The lowest BCUT2D eigenvalue weighted by Crippen LogP contribution is -2.26. The van der Waals surface area contributed by atoms with Crippen LogP contribution in [0.5, 0.6) is 0 Å². The van der Waals surface area contributed by atoms with Crippen molar-refractivity contribution < 1.29 is 13.2 Å².